The molecule has 3 nitrogen and oxygen atoms in total. The molecule has 0 atom stereocenters. The average molecular weight is 356 g/mol. The molecule has 1 fully saturated rings. The summed E-state index contributed by atoms with van der Waals surface area (Å²) in [5, 5.41) is 0. The van der Waals surface area contributed by atoms with E-state index in [0.717, 1.165) is 44.9 Å². The largest absolute Gasteiger partial charge is 0.375 e. The minimum Gasteiger partial charge on any atom is -0.375 e. The predicted molar refractivity (Wildman–Crippen MR) is 97.9 cm³/mol. The maximum absolute atomic E-state index is 13.6. The number of halogens is 2. The molecule has 0 spiro atoms. The Morgan fingerprint density at radius 3 is 2.31 bits per heavy atom. The van der Waals surface area contributed by atoms with E-state index in [1.165, 1.54) is 23.3 Å². The van der Waals surface area contributed by atoms with Gasteiger partial charge in [-0.2, -0.15) is 0 Å². The maximum Gasteiger partial charge on any atom is 0.193 e. The van der Waals surface area contributed by atoms with Crippen molar-refractivity contribution in [1.29, 1.82) is 0 Å². The molecular formula is C21H22F2N2O. The minimum atomic E-state index is -0.831. The highest BCUT2D eigenvalue weighted by Gasteiger charge is 2.17. The van der Waals surface area contributed by atoms with Crippen LogP contribution >= 0.6 is 0 Å². The van der Waals surface area contributed by atoms with Crippen LogP contribution in [-0.2, 0) is 6.54 Å². The van der Waals surface area contributed by atoms with Gasteiger partial charge in [-0.05, 0) is 30.2 Å². The fourth-order valence-electron chi connectivity index (χ4n) is 3.09. The molecule has 0 radical (unpaired) electrons. The average Bonchev–Trinajstić information content (AvgIpc) is 2.63. The Bertz CT molecular complexity index is 791. The van der Waals surface area contributed by atoms with Crippen LogP contribution in [-0.4, -0.2) is 41.8 Å². The molecule has 136 valence electrons. The van der Waals surface area contributed by atoms with Gasteiger partial charge in [-0.3, -0.25) is 9.69 Å². The van der Waals surface area contributed by atoms with Crippen molar-refractivity contribution in [3.63, 3.8) is 0 Å². The van der Waals surface area contributed by atoms with Crippen LogP contribution < -0.4 is 0 Å². The van der Waals surface area contributed by atoms with Gasteiger partial charge in [0.1, 0.15) is 11.6 Å². The van der Waals surface area contributed by atoms with Gasteiger partial charge in [-0.25, -0.2) is 8.78 Å². The quantitative estimate of drug-likeness (QED) is 0.602. The Hall–Kier alpha value is -2.53. The van der Waals surface area contributed by atoms with Crippen molar-refractivity contribution in [2.24, 2.45) is 0 Å². The lowest BCUT2D eigenvalue weighted by Crippen LogP contribution is -2.43. The number of rotatable bonds is 5. The zero-order valence-corrected chi connectivity index (χ0v) is 14.8. The Morgan fingerprint density at radius 1 is 1.00 bits per heavy atom. The third-order valence-corrected chi connectivity index (χ3v) is 4.71. The molecule has 5 heteroatoms. The van der Waals surface area contributed by atoms with E-state index in [1.807, 2.05) is 11.0 Å². The Labute approximate surface area is 152 Å². The van der Waals surface area contributed by atoms with Crippen molar-refractivity contribution in [1.82, 2.24) is 9.80 Å². The van der Waals surface area contributed by atoms with Crippen molar-refractivity contribution < 1.29 is 13.6 Å². The van der Waals surface area contributed by atoms with Gasteiger partial charge in [-0.15, -0.1) is 0 Å². The number of carbonyl (C=O) groups excluding carboxylic acids is 1. The van der Waals surface area contributed by atoms with E-state index in [0.29, 0.717) is 0 Å². The molecular weight excluding hydrogens is 334 g/mol. The predicted octanol–water partition coefficient (Wildman–Crippen LogP) is 3.79. The van der Waals surface area contributed by atoms with Crippen LogP contribution in [0, 0.1) is 18.6 Å². The Kier molecular flexibility index (Phi) is 5.78. The minimum absolute atomic E-state index is 0.498. The van der Waals surface area contributed by atoms with Crippen LogP contribution in [0.3, 0.4) is 0 Å². The van der Waals surface area contributed by atoms with Gasteiger partial charge in [0.25, 0.3) is 0 Å². The summed E-state index contributed by atoms with van der Waals surface area (Å²) in [6, 6.07) is 11.8. The number of nitrogens with zero attached hydrogens (tertiary/aromatic N) is 2. The van der Waals surface area contributed by atoms with Crippen LogP contribution in [0.15, 0.2) is 54.7 Å². The van der Waals surface area contributed by atoms with Gasteiger partial charge in [-0.1, -0.05) is 30.3 Å². The lowest BCUT2D eigenvalue weighted by molar-refractivity contribution is 0.103. The summed E-state index contributed by atoms with van der Waals surface area (Å²) in [6.45, 7) is 6.32. The van der Waals surface area contributed by atoms with E-state index in [9.17, 15) is 13.6 Å². The molecule has 0 bridgehead atoms. The van der Waals surface area contributed by atoms with Crippen molar-refractivity contribution in [2.45, 2.75) is 13.5 Å². The van der Waals surface area contributed by atoms with Crippen LogP contribution in [0.4, 0.5) is 8.78 Å². The Morgan fingerprint density at radius 2 is 1.65 bits per heavy atom. The normalized spacial score (nSPS) is 15.6. The second-order valence-corrected chi connectivity index (χ2v) is 6.52. The molecule has 1 aliphatic heterocycles. The van der Waals surface area contributed by atoms with E-state index >= 15 is 0 Å². The molecule has 0 amide bonds. The summed E-state index contributed by atoms with van der Waals surface area (Å²) in [7, 11) is 0. The van der Waals surface area contributed by atoms with Crippen molar-refractivity contribution in [3.05, 3.63) is 83.1 Å². The van der Waals surface area contributed by atoms with Crippen LogP contribution in [0.1, 0.15) is 21.5 Å². The highest BCUT2D eigenvalue weighted by Crippen LogP contribution is 2.15. The molecule has 0 aromatic heterocycles. The summed E-state index contributed by atoms with van der Waals surface area (Å²) in [5.41, 5.74) is 2.11. The first-order valence-corrected chi connectivity index (χ1v) is 8.72. The number of piperazine rings is 1. The monoisotopic (exact) mass is 356 g/mol. The second-order valence-electron chi connectivity index (χ2n) is 6.52. The first-order valence-electron chi connectivity index (χ1n) is 8.72. The molecule has 0 saturated carbocycles. The van der Waals surface area contributed by atoms with Gasteiger partial charge >= 0.3 is 0 Å². The van der Waals surface area contributed by atoms with E-state index in [1.54, 1.807) is 6.20 Å². The molecule has 1 saturated heterocycles. The second kappa shape index (κ2) is 8.23. The van der Waals surface area contributed by atoms with Gasteiger partial charge in [0.15, 0.2) is 5.78 Å². The fraction of sp³-hybridized carbons (Fsp3) is 0.286. The number of benzene rings is 2. The molecule has 3 rings (SSSR count). The standard InChI is InChI=1S/C21H22F2N2O/c1-16-5-2-3-6-17(16)15-25-13-11-24(12-14-25)10-9-20(26)21-18(22)7-4-8-19(21)23/h2-10H,11-15H2,1H3. The summed E-state index contributed by atoms with van der Waals surface area (Å²) < 4.78 is 27.3. The fourth-order valence-corrected chi connectivity index (χ4v) is 3.09. The highest BCUT2D eigenvalue weighted by atomic mass is 19.1. The number of carbonyl (C=O) groups is 1. The van der Waals surface area contributed by atoms with Crippen LogP contribution in [0.5, 0.6) is 0 Å². The molecule has 0 N–H and O–H groups in total. The van der Waals surface area contributed by atoms with E-state index in [4.69, 9.17) is 0 Å². The molecule has 0 unspecified atom stereocenters. The third-order valence-electron chi connectivity index (χ3n) is 4.71. The van der Waals surface area contributed by atoms with Crippen LogP contribution in [0.25, 0.3) is 0 Å². The van der Waals surface area contributed by atoms with Gasteiger partial charge in [0.05, 0.1) is 5.56 Å². The molecule has 26 heavy (non-hydrogen) atoms. The highest BCUT2D eigenvalue weighted by molar-refractivity contribution is 6.04. The summed E-state index contributed by atoms with van der Waals surface area (Å²) >= 11 is 0. The van der Waals surface area contributed by atoms with Gasteiger partial charge < -0.3 is 4.90 Å². The van der Waals surface area contributed by atoms with E-state index in [2.05, 4.69) is 30.0 Å². The first kappa shape index (κ1) is 18.3. The van der Waals surface area contributed by atoms with E-state index < -0.39 is 23.0 Å². The lowest BCUT2D eigenvalue weighted by atomic mass is 10.1. The topological polar surface area (TPSA) is 23.6 Å². The SMILES string of the molecule is Cc1ccccc1CN1CCN(C=CC(=O)c2c(F)cccc2F)CC1. The number of aryl methyl sites for hydroxylation is 1. The third kappa shape index (κ3) is 4.35. The number of ketones is 1. The smallest absolute Gasteiger partial charge is 0.193 e. The van der Waals surface area contributed by atoms with Gasteiger partial charge in [0, 0.05) is 45.0 Å². The molecule has 1 heterocycles. The van der Waals surface area contributed by atoms with E-state index in [-0.39, 0.29) is 0 Å². The number of hydrogen-bond donors (Lipinski definition) is 0. The maximum atomic E-state index is 13.6. The molecule has 2 aromatic rings. The number of allylic oxidation sites excluding steroid dienone is 1. The van der Waals surface area contributed by atoms with Crippen molar-refractivity contribution in [2.75, 3.05) is 26.2 Å². The molecule has 1 aliphatic rings. The Balaban J connectivity index is 1.55. The van der Waals surface area contributed by atoms with Gasteiger partial charge in [0.2, 0.25) is 0 Å². The van der Waals surface area contributed by atoms with Crippen molar-refractivity contribution >= 4 is 5.78 Å². The summed E-state index contributed by atoms with van der Waals surface area (Å²) in [5.74, 6) is -2.31. The molecule has 0 aliphatic carbocycles. The van der Waals surface area contributed by atoms with Crippen LogP contribution in [0.2, 0.25) is 0 Å². The zero-order chi connectivity index (χ0) is 18.5. The first-order chi connectivity index (χ1) is 12.5. The van der Waals surface area contributed by atoms with Crippen molar-refractivity contribution in [3.8, 4) is 0 Å². The number of hydrogen-bond acceptors (Lipinski definition) is 3. The lowest BCUT2D eigenvalue weighted by Gasteiger charge is -2.34. The summed E-state index contributed by atoms with van der Waals surface area (Å²) in [6.07, 6.45) is 2.89. The zero-order valence-electron chi connectivity index (χ0n) is 14.8. The molecule has 2 aromatic carbocycles. The summed E-state index contributed by atoms with van der Waals surface area (Å²) in [4.78, 5) is 16.4.